The number of alkyl halides is 6. The van der Waals surface area contributed by atoms with Gasteiger partial charge in [-0.25, -0.2) is 0 Å². The number of hydrogen-bond acceptors (Lipinski definition) is 2. The van der Waals surface area contributed by atoms with E-state index in [4.69, 9.17) is 0 Å². The Kier molecular flexibility index (Phi) is 3.79. The third-order valence-corrected chi connectivity index (χ3v) is 2.98. The van der Waals surface area contributed by atoms with Crippen LogP contribution in [0.1, 0.15) is 17.5 Å². The highest BCUT2D eigenvalue weighted by atomic mass is 19.4. The van der Waals surface area contributed by atoms with Gasteiger partial charge in [-0.1, -0.05) is 36.4 Å². The Hall–Kier alpha value is -1.54. The second-order valence-corrected chi connectivity index (χ2v) is 4.56. The second-order valence-electron chi connectivity index (χ2n) is 4.56. The molecule has 0 aromatic heterocycles. The van der Waals surface area contributed by atoms with E-state index in [9.17, 15) is 31.4 Å². The van der Waals surface area contributed by atoms with Gasteiger partial charge in [-0.3, -0.25) is 0 Å². The first kappa shape index (κ1) is 15.8. The van der Waals surface area contributed by atoms with E-state index in [0.29, 0.717) is 5.56 Å². The van der Waals surface area contributed by atoms with Gasteiger partial charge < -0.3 is 9.84 Å². The van der Waals surface area contributed by atoms with Crippen molar-refractivity contribution in [3.05, 3.63) is 41.5 Å². The van der Waals surface area contributed by atoms with Gasteiger partial charge in [0.15, 0.2) is 5.79 Å². The van der Waals surface area contributed by atoms with E-state index in [-0.39, 0.29) is 5.56 Å². The molecule has 0 bridgehead atoms. The molecule has 2 nitrogen and oxygen atoms in total. The summed E-state index contributed by atoms with van der Waals surface area (Å²) in [5, 5.41) is 10.1. The molecule has 0 saturated heterocycles. The van der Waals surface area contributed by atoms with E-state index >= 15 is 0 Å². The molecule has 2 rings (SSSR count). The maximum absolute atomic E-state index is 12.5. The van der Waals surface area contributed by atoms with Crippen LogP contribution in [0.4, 0.5) is 26.3 Å². The fraction of sp³-hybridized carbons (Fsp3) is 0.385. The highest BCUT2D eigenvalue weighted by Gasteiger charge is 2.60. The minimum absolute atomic E-state index is 0.133. The minimum atomic E-state index is -5.68. The SMILES string of the molecule is OC1(OC(C(F)(F)F)C(F)(F)F)CC=Cc2ccccc21. The number of aliphatic hydroxyl groups is 1. The number of ether oxygens (including phenoxy) is 1. The molecule has 0 saturated carbocycles. The van der Waals surface area contributed by atoms with Crippen LogP contribution in [0.2, 0.25) is 0 Å². The molecule has 1 N–H and O–H groups in total. The van der Waals surface area contributed by atoms with Crippen LogP contribution in [0.15, 0.2) is 30.3 Å². The lowest BCUT2D eigenvalue weighted by atomic mass is 9.91. The Labute approximate surface area is 115 Å². The average Bonchev–Trinajstić information content (AvgIpc) is 2.34. The van der Waals surface area contributed by atoms with Gasteiger partial charge in [-0.15, -0.1) is 0 Å². The van der Waals surface area contributed by atoms with Crippen LogP contribution in [-0.4, -0.2) is 23.6 Å². The summed E-state index contributed by atoms with van der Waals surface area (Å²) in [6.45, 7) is 0. The smallest absolute Gasteiger partial charge is 0.361 e. The minimum Gasteiger partial charge on any atom is -0.361 e. The van der Waals surface area contributed by atoms with Crippen LogP contribution in [0.5, 0.6) is 0 Å². The molecule has 8 heteroatoms. The van der Waals surface area contributed by atoms with Gasteiger partial charge in [-0.05, 0) is 5.56 Å². The molecule has 0 radical (unpaired) electrons. The van der Waals surface area contributed by atoms with E-state index in [0.717, 1.165) is 0 Å². The van der Waals surface area contributed by atoms with Crippen molar-refractivity contribution in [3.63, 3.8) is 0 Å². The standard InChI is InChI=1S/C13H10F6O2/c14-12(15,16)10(13(17,18)19)21-11(20)7-3-5-8-4-1-2-6-9(8)11/h1-6,10,20H,7H2. The lowest BCUT2D eigenvalue weighted by molar-refractivity contribution is -0.379. The van der Waals surface area contributed by atoms with Crippen LogP contribution in [0.3, 0.4) is 0 Å². The molecular formula is C13H10F6O2. The third kappa shape index (κ3) is 3.21. The van der Waals surface area contributed by atoms with Crippen molar-refractivity contribution in [2.24, 2.45) is 0 Å². The molecular weight excluding hydrogens is 302 g/mol. The summed E-state index contributed by atoms with van der Waals surface area (Å²) in [5.41, 5.74) is 0.167. The van der Waals surface area contributed by atoms with E-state index in [1.807, 2.05) is 0 Å². The van der Waals surface area contributed by atoms with Crippen LogP contribution in [0, 0.1) is 0 Å². The van der Waals surface area contributed by atoms with E-state index in [2.05, 4.69) is 4.74 Å². The molecule has 0 aliphatic heterocycles. The highest BCUT2D eigenvalue weighted by Crippen LogP contribution is 2.43. The highest BCUT2D eigenvalue weighted by molar-refractivity contribution is 5.57. The maximum Gasteiger partial charge on any atom is 0.423 e. The topological polar surface area (TPSA) is 29.5 Å². The zero-order chi connectivity index (χ0) is 15.9. The van der Waals surface area contributed by atoms with Crippen LogP contribution in [-0.2, 0) is 10.5 Å². The van der Waals surface area contributed by atoms with Crippen molar-refractivity contribution in [2.75, 3.05) is 0 Å². The number of benzene rings is 1. The average molecular weight is 312 g/mol. The zero-order valence-electron chi connectivity index (χ0n) is 10.4. The van der Waals surface area contributed by atoms with Gasteiger partial charge in [0, 0.05) is 12.0 Å². The van der Waals surface area contributed by atoms with Crippen LogP contribution in [0.25, 0.3) is 6.08 Å². The lowest BCUT2D eigenvalue weighted by Crippen LogP contribution is -2.50. The van der Waals surface area contributed by atoms with Crippen molar-refractivity contribution in [2.45, 2.75) is 30.7 Å². The first-order valence-electron chi connectivity index (χ1n) is 5.84. The molecule has 0 fully saturated rings. The molecule has 1 atom stereocenters. The van der Waals surface area contributed by atoms with E-state index < -0.39 is 30.7 Å². The van der Waals surface area contributed by atoms with Crippen LogP contribution < -0.4 is 0 Å². The summed E-state index contributed by atoms with van der Waals surface area (Å²) < 4.78 is 79.3. The van der Waals surface area contributed by atoms with Crippen LogP contribution >= 0.6 is 0 Å². The summed E-state index contributed by atoms with van der Waals surface area (Å²) in [7, 11) is 0. The summed E-state index contributed by atoms with van der Waals surface area (Å²) in [6.07, 6.45) is -13.2. The predicted octanol–water partition coefficient (Wildman–Crippen LogP) is 3.76. The van der Waals surface area contributed by atoms with Gasteiger partial charge in [-0.2, -0.15) is 26.3 Å². The fourth-order valence-corrected chi connectivity index (χ4v) is 2.08. The second kappa shape index (κ2) is 5.03. The van der Waals surface area contributed by atoms with E-state index in [1.54, 1.807) is 6.07 Å². The van der Waals surface area contributed by atoms with Gasteiger partial charge >= 0.3 is 12.4 Å². The Bertz CT molecular complexity index is 534. The van der Waals surface area contributed by atoms with Gasteiger partial charge in [0.05, 0.1) is 0 Å². The number of halogens is 6. The Morgan fingerprint density at radius 2 is 1.62 bits per heavy atom. The van der Waals surface area contributed by atoms with Crippen molar-refractivity contribution in [1.29, 1.82) is 0 Å². The summed E-state index contributed by atoms with van der Waals surface area (Å²) in [4.78, 5) is 0. The number of rotatable bonds is 2. The normalized spacial score (nSPS) is 22.5. The third-order valence-electron chi connectivity index (χ3n) is 2.98. The van der Waals surface area contributed by atoms with Crippen molar-refractivity contribution in [3.8, 4) is 0 Å². The fourth-order valence-electron chi connectivity index (χ4n) is 2.08. The van der Waals surface area contributed by atoms with Gasteiger partial charge in [0.25, 0.3) is 6.10 Å². The summed E-state index contributed by atoms with van der Waals surface area (Å²) >= 11 is 0. The Morgan fingerprint density at radius 1 is 1.05 bits per heavy atom. The van der Waals surface area contributed by atoms with Crippen molar-refractivity contribution >= 4 is 6.08 Å². The number of fused-ring (bicyclic) bond motifs is 1. The molecule has 0 spiro atoms. The molecule has 0 heterocycles. The van der Waals surface area contributed by atoms with Gasteiger partial charge in [0.2, 0.25) is 0 Å². The zero-order valence-corrected chi connectivity index (χ0v) is 10.4. The largest absolute Gasteiger partial charge is 0.423 e. The summed E-state index contributed by atoms with van der Waals surface area (Å²) in [5.74, 6) is -2.68. The molecule has 1 unspecified atom stereocenters. The first-order chi connectivity index (χ1) is 9.54. The molecule has 116 valence electrons. The predicted molar refractivity (Wildman–Crippen MR) is 61.0 cm³/mol. The van der Waals surface area contributed by atoms with E-state index in [1.165, 1.54) is 30.4 Å². The maximum atomic E-state index is 12.5. The quantitative estimate of drug-likeness (QED) is 0.665. The molecule has 21 heavy (non-hydrogen) atoms. The number of hydrogen-bond donors (Lipinski definition) is 1. The van der Waals surface area contributed by atoms with Crippen molar-refractivity contribution in [1.82, 2.24) is 0 Å². The monoisotopic (exact) mass is 312 g/mol. The Balaban J connectivity index is 2.39. The Morgan fingerprint density at radius 3 is 2.19 bits per heavy atom. The lowest BCUT2D eigenvalue weighted by Gasteiger charge is -2.36. The summed E-state index contributed by atoms with van der Waals surface area (Å²) in [6, 6.07) is 5.61. The van der Waals surface area contributed by atoms with Gasteiger partial charge in [0.1, 0.15) is 0 Å². The molecule has 0 amide bonds. The molecule has 1 aliphatic rings. The van der Waals surface area contributed by atoms with Crippen molar-refractivity contribution < 1.29 is 36.2 Å². The molecule has 1 aromatic carbocycles. The molecule has 1 aromatic rings. The molecule has 1 aliphatic carbocycles. The first-order valence-corrected chi connectivity index (χ1v) is 5.84.